The highest BCUT2D eigenvalue weighted by Crippen LogP contribution is 2.43. The zero-order valence-electron chi connectivity index (χ0n) is 13.6. The molecule has 0 aromatic carbocycles. The lowest BCUT2D eigenvalue weighted by Gasteiger charge is -2.34. The van der Waals surface area contributed by atoms with Crippen molar-refractivity contribution >= 4 is 0 Å². The third-order valence-corrected chi connectivity index (χ3v) is 4.99. The lowest BCUT2D eigenvalue weighted by atomic mass is 9.83. The minimum absolute atomic E-state index is 0.176. The average Bonchev–Trinajstić information content (AvgIpc) is 2.71. The van der Waals surface area contributed by atoms with Gasteiger partial charge >= 0.3 is 0 Å². The van der Waals surface area contributed by atoms with Crippen LogP contribution in [-0.2, 0) is 4.74 Å². The van der Waals surface area contributed by atoms with Crippen LogP contribution in [0.4, 0.5) is 0 Å². The first-order valence-electron chi connectivity index (χ1n) is 8.54. The topological polar surface area (TPSA) is 41.5 Å². The van der Waals surface area contributed by atoms with E-state index in [9.17, 15) is 5.11 Å². The van der Waals surface area contributed by atoms with Gasteiger partial charge in [0.1, 0.15) is 0 Å². The normalized spacial score (nSPS) is 28.9. The molecule has 2 rings (SSSR count). The largest absolute Gasteiger partial charge is 0.390 e. The lowest BCUT2D eigenvalue weighted by Crippen LogP contribution is -2.37. The van der Waals surface area contributed by atoms with Gasteiger partial charge in [0.25, 0.3) is 0 Å². The highest BCUT2D eigenvalue weighted by Gasteiger charge is 2.42. The quantitative estimate of drug-likeness (QED) is 0.785. The van der Waals surface area contributed by atoms with Crippen LogP contribution in [0.25, 0.3) is 0 Å². The van der Waals surface area contributed by atoms with Gasteiger partial charge in [0, 0.05) is 12.5 Å². The van der Waals surface area contributed by atoms with E-state index >= 15 is 0 Å². The molecule has 1 heterocycles. The summed E-state index contributed by atoms with van der Waals surface area (Å²) >= 11 is 0. The Hall–Kier alpha value is -0.120. The summed E-state index contributed by atoms with van der Waals surface area (Å²) in [5.74, 6) is 0. The molecule has 1 aliphatic heterocycles. The van der Waals surface area contributed by atoms with Gasteiger partial charge in [-0.25, -0.2) is 0 Å². The summed E-state index contributed by atoms with van der Waals surface area (Å²) in [5, 5.41) is 13.9. The van der Waals surface area contributed by atoms with Crippen molar-refractivity contribution in [2.75, 3.05) is 6.54 Å². The summed E-state index contributed by atoms with van der Waals surface area (Å²) < 4.78 is 6.37. The van der Waals surface area contributed by atoms with Crippen LogP contribution in [0.1, 0.15) is 78.6 Å². The summed E-state index contributed by atoms with van der Waals surface area (Å²) in [6, 6.07) is 0.485. The molecule has 0 aromatic heterocycles. The molecule has 3 heteroatoms. The Labute approximate surface area is 124 Å². The van der Waals surface area contributed by atoms with E-state index in [1.807, 2.05) is 6.92 Å². The Morgan fingerprint density at radius 3 is 2.60 bits per heavy atom. The van der Waals surface area contributed by atoms with Gasteiger partial charge in [-0.3, -0.25) is 0 Å². The molecule has 20 heavy (non-hydrogen) atoms. The molecule has 1 saturated carbocycles. The zero-order valence-corrected chi connectivity index (χ0v) is 13.6. The van der Waals surface area contributed by atoms with Crippen LogP contribution in [0, 0.1) is 0 Å². The monoisotopic (exact) mass is 283 g/mol. The van der Waals surface area contributed by atoms with Gasteiger partial charge in [-0.05, 0) is 45.6 Å². The van der Waals surface area contributed by atoms with Gasteiger partial charge in [-0.15, -0.1) is 0 Å². The highest BCUT2D eigenvalue weighted by molar-refractivity contribution is 4.93. The summed E-state index contributed by atoms with van der Waals surface area (Å²) in [6.45, 7) is 7.12. The van der Waals surface area contributed by atoms with Crippen molar-refractivity contribution in [3.8, 4) is 0 Å². The fourth-order valence-electron chi connectivity index (χ4n) is 3.83. The fraction of sp³-hybridized carbons (Fsp3) is 1.00. The summed E-state index contributed by atoms with van der Waals surface area (Å²) in [6.07, 6.45) is 10.7. The number of hydrogen-bond acceptors (Lipinski definition) is 3. The molecule has 2 N–H and O–H groups in total. The maximum atomic E-state index is 10.6. The van der Waals surface area contributed by atoms with E-state index in [-0.39, 0.29) is 11.7 Å². The maximum Gasteiger partial charge on any atom is 0.0687 e. The fourth-order valence-corrected chi connectivity index (χ4v) is 3.83. The standard InChI is InChI=1S/C17H33NO2/c1-14(2)18-12-11-16(3,19)13-15-7-10-17(20-15)8-5-4-6-9-17/h14-15,18-19H,4-13H2,1-3H3. The molecule has 1 aliphatic carbocycles. The molecular formula is C17H33NO2. The zero-order chi connectivity index (χ0) is 14.6. The minimum atomic E-state index is -0.604. The molecule has 0 amide bonds. The Balaban J connectivity index is 1.75. The van der Waals surface area contributed by atoms with Gasteiger partial charge < -0.3 is 15.2 Å². The van der Waals surface area contributed by atoms with Crippen molar-refractivity contribution in [3.63, 3.8) is 0 Å². The van der Waals surface area contributed by atoms with E-state index in [1.165, 1.54) is 38.5 Å². The van der Waals surface area contributed by atoms with E-state index in [0.717, 1.165) is 25.8 Å². The summed E-state index contributed by atoms with van der Waals surface area (Å²) in [5.41, 5.74) is -0.429. The van der Waals surface area contributed by atoms with Gasteiger partial charge in [-0.2, -0.15) is 0 Å². The van der Waals surface area contributed by atoms with Crippen molar-refractivity contribution in [1.29, 1.82) is 0 Å². The molecule has 1 saturated heterocycles. The molecule has 0 radical (unpaired) electrons. The number of ether oxygens (including phenoxy) is 1. The van der Waals surface area contributed by atoms with E-state index < -0.39 is 5.60 Å². The third-order valence-electron chi connectivity index (χ3n) is 4.99. The van der Waals surface area contributed by atoms with Crippen LogP contribution >= 0.6 is 0 Å². The second-order valence-electron chi connectivity index (χ2n) is 7.58. The van der Waals surface area contributed by atoms with E-state index in [2.05, 4.69) is 19.2 Å². The first-order valence-corrected chi connectivity index (χ1v) is 8.54. The minimum Gasteiger partial charge on any atom is -0.390 e. The van der Waals surface area contributed by atoms with E-state index in [0.29, 0.717) is 6.04 Å². The summed E-state index contributed by atoms with van der Waals surface area (Å²) in [7, 11) is 0. The van der Waals surface area contributed by atoms with E-state index in [4.69, 9.17) is 4.74 Å². The van der Waals surface area contributed by atoms with Crippen LogP contribution < -0.4 is 5.32 Å². The number of aliphatic hydroxyl groups is 1. The average molecular weight is 283 g/mol. The molecule has 2 unspecified atom stereocenters. The van der Waals surface area contributed by atoms with Crippen molar-refractivity contribution in [3.05, 3.63) is 0 Å². The van der Waals surface area contributed by atoms with Crippen molar-refractivity contribution in [1.82, 2.24) is 5.32 Å². The van der Waals surface area contributed by atoms with Crippen LogP contribution in [0.3, 0.4) is 0 Å². The van der Waals surface area contributed by atoms with Crippen molar-refractivity contribution in [2.24, 2.45) is 0 Å². The van der Waals surface area contributed by atoms with Gasteiger partial charge in [0.15, 0.2) is 0 Å². The molecule has 0 bridgehead atoms. The number of nitrogens with one attached hydrogen (secondary N) is 1. The summed E-state index contributed by atoms with van der Waals surface area (Å²) in [4.78, 5) is 0. The maximum absolute atomic E-state index is 10.6. The molecule has 118 valence electrons. The van der Waals surface area contributed by atoms with Crippen LogP contribution in [0.5, 0.6) is 0 Å². The third kappa shape index (κ3) is 4.71. The van der Waals surface area contributed by atoms with Crippen molar-refractivity contribution in [2.45, 2.75) is 102 Å². The van der Waals surface area contributed by atoms with Crippen LogP contribution in [0.15, 0.2) is 0 Å². The second-order valence-corrected chi connectivity index (χ2v) is 7.58. The van der Waals surface area contributed by atoms with Gasteiger partial charge in [-0.1, -0.05) is 33.1 Å². The van der Waals surface area contributed by atoms with Crippen LogP contribution in [0.2, 0.25) is 0 Å². The smallest absolute Gasteiger partial charge is 0.0687 e. The number of rotatable bonds is 6. The Morgan fingerprint density at radius 1 is 1.25 bits per heavy atom. The van der Waals surface area contributed by atoms with Crippen LogP contribution in [-0.4, -0.2) is 35.0 Å². The second kappa shape index (κ2) is 6.76. The Kier molecular flexibility index (Phi) is 5.49. The molecule has 2 fully saturated rings. The molecule has 3 nitrogen and oxygen atoms in total. The molecule has 2 atom stereocenters. The molecule has 2 aliphatic rings. The number of hydrogen-bond donors (Lipinski definition) is 2. The first kappa shape index (κ1) is 16.3. The predicted molar refractivity (Wildman–Crippen MR) is 82.9 cm³/mol. The predicted octanol–water partition coefficient (Wildman–Crippen LogP) is 3.40. The first-order chi connectivity index (χ1) is 9.41. The SMILES string of the molecule is CC(C)NCCC(C)(O)CC1CCC2(CCCCC2)O1. The Morgan fingerprint density at radius 2 is 1.95 bits per heavy atom. The molecule has 0 aromatic rings. The molecule has 1 spiro atoms. The lowest BCUT2D eigenvalue weighted by molar-refractivity contribution is -0.0906. The van der Waals surface area contributed by atoms with E-state index in [1.54, 1.807) is 0 Å². The van der Waals surface area contributed by atoms with Crippen molar-refractivity contribution < 1.29 is 9.84 Å². The van der Waals surface area contributed by atoms with Gasteiger partial charge in [0.2, 0.25) is 0 Å². The van der Waals surface area contributed by atoms with Gasteiger partial charge in [0.05, 0.1) is 17.3 Å². The Bertz CT molecular complexity index is 295. The highest BCUT2D eigenvalue weighted by atomic mass is 16.5. The molecular weight excluding hydrogens is 250 g/mol.